The first-order valence-corrected chi connectivity index (χ1v) is 6.78. The number of pyridine rings is 1. The van der Waals surface area contributed by atoms with Gasteiger partial charge in [0.2, 0.25) is 0 Å². The first kappa shape index (κ1) is 14.6. The van der Waals surface area contributed by atoms with Gasteiger partial charge in [-0.2, -0.15) is 0 Å². The van der Waals surface area contributed by atoms with E-state index >= 15 is 0 Å². The van der Waals surface area contributed by atoms with Gasteiger partial charge in [-0.15, -0.1) is 0 Å². The molecule has 0 bridgehead atoms. The van der Waals surface area contributed by atoms with Gasteiger partial charge in [-0.05, 0) is 25.8 Å². The number of hydrogen-bond acceptors (Lipinski definition) is 5. The Morgan fingerprint density at radius 3 is 2.85 bits per heavy atom. The number of nitrogen functional groups attached to an aromatic ring is 1. The zero-order valence-corrected chi connectivity index (χ0v) is 11.9. The van der Waals surface area contributed by atoms with Gasteiger partial charge in [0.15, 0.2) is 0 Å². The number of rotatable bonds is 5. The van der Waals surface area contributed by atoms with Crippen molar-refractivity contribution in [1.29, 1.82) is 0 Å². The predicted molar refractivity (Wildman–Crippen MR) is 74.4 cm³/mol. The molecule has 1 amide bonds. The molecular formula is C13H16ClN3O3. The average Bonchev–Trinajstić information content (AvgIpc) is 3.23. The first-order chi connectivity index (χ1) is 9.52. The fraction of sp³-hybridized carbons (Fsp3) is 0.462. The lowest BCUT2D eigenvalue weighted by Crippen LogP contribution is -2.38. The van der Waals surface area contributed by atoms with Gasteiger partial charge in [-0.3, -0.25) is 9.59 Å². The average molecular weight is 298 g/mol. The van der Waals surface area contributed by atoms with E-state index in [1.54, 1.807) is 6.92 Å². The highest BCUT2D eigenvalue weighted by Gasteiger charge is 2.35. The molecule has 7 heteroatoms. The maximum Gasteiger partial charge on any atom is 0.325 e. The third-order valence-electron chi connectivity index (χ3n) is 2.94. The van der Waals surface area contributed by atoms with E-state index in [0.717, 1.165) is 12.8 Å². The van der Waals surface area contributed by atoms with Crippen molar-refractivity contribution in [3.63, 3.8) is 0 Å². The van der Waals surface area contributed by atoms with Crippen LogP contribution in [0.1, 0.15) is 30.1 Å². The normalized spacial score (nSPS) is 13.9. The molecule has 1 aliphatic carbocycles. The van der Waals surface area contributed by atoms with Crippen LogP contribution in [0.2, 0.25) is 5.15 Å². The van der Waals surface area contributed by atoms with Crippen LogP contribution in [0.3, 0.4) is 0 Å². The molecule has 0 aliphatic heterocycles. The van der Waals surface area contributed by atoms with Crippen LogP contribution in [0.15, 0.2) is 12.3 Å². The number of halogens is 1. The summed E-state index contributed by atoms with van der Waals surface area (Å²) in [5.41, 5.74) is 6.19. The highest BCUT2D eigenvalue weighted by molar-refractivity contribution is 6.32. The Balaban J connectivity index is 2.18. The number of carbonyl (C=O) groups excluding carboxylic acids is 2. The van der Waals surface area contributed by atoms with Gasteiger partial charge in [-0.25, -0.2) is 4.98 Å². The smallest absolute Gasteiger partial charge is 0.325 e. The Hall–Kier alpha value is -1.82. The molecule has 2 rings (SSSR count). The molecule has 0 radical (unpaired) electrons. The first-order valence-electron chi connectivity index (χ1n) is 6.40. The summed E-state index contributed by atoms with van der Waals surface area (Å²) in [6, 6.07) is 1.53. The van der Waals surface area contributed by atoms with E-state index in [-0.39, 0.29) is 35.8 Å². The molecule has 0 atom stereocenters. The zero-order chi connectivity index (χ0) is 14.7. The molecule has 0 unspecified atom stereocenters. The monoisotopic (exact) mass is 297 g/mol. The quantitative estimate of drug-likeness (QED) is 0.657. The third kappa shape index (κ3) is 3.39. The minimum atomic E-state index is -0.430. The second-order valence-electron chi connectivity index (χ2n) is 4.58. The summed E-state index contributed by atoms with van der Waals surface area (Å²) < 4.78 is 4.88. The minimum Gasteiger partial charge on any atom is -0.465 e. The number of ether oxygens (including phenoxy) is 1. The van der Waals surface area contributed by atoms with E-state index in [0.29, 0.717) is 5.69 Å². The Kier molecular flexibility index (Phi) is 4.44. The van der Waals surface area contributed by atoms with Gasteiger partial charge in [-0.1, -0.05) is 11.6 Å². The summed E-state index contributed by atoms with van der Waals surface area (Å²) in [6.45, 7) is 1.93. The van der Waals surface area contributed by atoms with Crippen molar-refractivity contribution < 1.29 is 14.3 Å². The highest BCUT2D eigenvalue weighted by Crippen LogP contribution is 2.29. The molecule has 1 saturated carbocycles. The number of carbonyl (C=O) groups is 2. The predicted octanol–water partition coefficient (Wildman–Crippen LogP) is 1.48. The largest absolute Gasteiger partial charge is 0.465 e. The van der Waals surface area contributed by atoms with Crippen LogP contribution in [0.5, 0.6) is 0 Å². The maximum atomic E-state index is 12.5. The van der Waals surface area contributed by atoms with Crippen LogP contribution >= 0.6 is 11.6 Å². The Morgan fingerprint density at radius 2 is 2.25 bits per heavy atom. The molecule has 20 heavy (non-hydrogen) atoms. The van der Waals surface area contributed by atoms with Gasteiger partial charge in [0.05, 0.1) is 24.1 Å². The molecule has 0 aromatic carbocycles. The van der Waals surface area contributed by atoms with E-state index in [2.05, 4.69) is 4.98 Å². The summed E-state index contributed by atoms with van der Waals surface area (Å²) >= 11 is 5.93. The molecule has 0 saturated heterocycles. The molecule has 1 heterocycles. The second kappa shape index (κ2) is 6.09. The Bertz CT molecular complexity index is 532. The van der Waals surface area contributed by atoms with Gasteiger partial charge < -0.3 is 15.4 Å². The standard InChI is InChI=1S/C13H16ClN3O3/c1-2-20-11(18)7-17(9-3-4-9)13(19)10-5-8(15)6-16-12(10)14/h5-6,9H,2-4,7,15H2,1H3. The van der Waals surface area contributed by atoms with Gasteiger partial charge in [0.25, 0.3) is 5.91 Å². The van der Waals surface area contributed by atoms with E-state index < -0.39 is 5.97 Å². The second-order valence-corrected chi connectivity index (χ2v) is 4.93. The number of nitrogens with zero attached hydrogens (tertiary/aromatic N) is 2. The van der Waals surface area contributed by atoms with Crippen LogP contribution in [0.4, 0.5) is 5.69 Å². The molecular weight excluding hydrogens is 282 g/mol. The number of nitrogens with two attached hydrogens (primary N) is 1. The summed E-state index contributed by atoms with van der Waals surface area (Å²) in [7, 11) is 0. The van der Waals surface area contributed by atoms with Crippen LogP contribution in [-0.4, -0.2) is 41.0 Å². The van der Waals surface area contributed by atoms with Crippen molar-refractivity contribution in [3.8, 4) is 0 Å². The van der Waals surface area contributed by atoms with Crippen LogP contribution < -0.4 is 5.73 Å². The van der Waals surface area contributed by atoms with Gasteiger partial charge in [0, 0.05) is 6.04 Å². The van der Waals surface area contributed by atoms with Crippen LogP contribution in [0.25, 0.3) is 0 Å². The molecule has 1 aromatic rings. The fourth-order valence-electron chi connectivity index (χ4n) is 1.87. The molecule has 0 spiro atoms. The number of amides is 1. The molecule has 108 valence electrons. The topological polar surface area (TPSA) is 85.5 Å². The van der Waals surface area contributed by atoms with Crippen molar-refractivity contribution in [2.45, 2.75) is 25.8 Å². The van der Waals surface area contributed by atoms with Crippen molar-refractivity contribution in [1.82, 2.24) is 9.88 Å². The van der Waals surface area contributed by atoms with E-state index in [1.165, 1.54) is 17.2 Å². The van der Waals surface area contributed by atoms with Crippen molar-refractivity contribution >= 4 is 29.2 Å². The maximum absolute atomic E-state index is 12.5. The van der Waals surface area contributed by atoms with Crippen molar-refractivity contribution in [2.75, 3.05) is 18.9 Å². The molecule has 6 nitrogen and oxygen atoms in total. The van der Waals surface area contributed by atoms with Crippen molar-refractivity contribution in [3.05, 3.63) is 23.0 Å². The van der Waals surface area contributed by atoms with Gasteiger partial charge in [0.1, 0.15) is 11.7 Å². The van der Waals surface area contributed by atoms with E-state index in [9.17, 15) is 9.59 Å². The lowest BCUT2D eigenvalue weighted by Gasteiger charge is -2.21. The van der Waals surface area contributed by atoms with E-state index in [1.807, 2.05) is 0 Å². The van der Waals surface area contributed by atoms with Crippen LogP contribution in [-0.2, 0) is 9.53 Å². The lowest BCUT2D eigenvalue weighted by atomic mass is 10.2. The summed E-state index contributed by atoms with van der Waals surface area (Å²) in [5, 5.41) is 0.0821. The molecule has 1 aromatic heterocycles. The highest BCUT2D eigenvalue weighted by atomic mass is 35.5. The Morgan fingerprint density at radius 1 is 1.55 bits per heavy atom. The summed E-state index contributed by atoms with van der Waals surface area (Å²) in [4.78, 5) is 29.4. The van der Waals surface area contributed by atoms with Crippen LogP contribution in [0, 0.1) is 0 Å². The van der Waals surface area contributed by atoms with E-state index in [4.69, 9.17) is 22.1 Å². The SMILES string of the molecule is CCOC(=O)CN(C(=O)c1cc(N)cnc1Cl)C1CC1. The number of aromatic nitrogens is 1. The lowest BCUT2D eigenvalue weighted by molar-refractivity contribution is -0.144. The molecule has 1 fully saturated rings. The summed E-state index contributed by atoms with van der Waals surface area (Å²) in [6.07, 6.45) is 3.13. The number of esters is 1. The molecule has 1 aliphatic rings. The summed E-state index contributed by atoms with van der Waals surface area (Å²) in [5.74, 6) is -0.772. The molecule has 2 N–H and O–H groups in total. The Labute approximate surface area is 121 Å². The van der Waals surface area contributed by atoms with Crippen molar-refractivity contribution in [2.24, 2.45) is 0 Å². The number of anilines is 1. The fourth-order valence-corrected chi connectivity index (χ4v) is 2.05. The zero-order valence-electron chi connectivity index (χ0n) is 11.1. The number of hydrogen-bond donors (Lipinski definition) is 1. The van der Waals surface area contributed by atoms with Gasteiger partial charge >= 0.3 is 5.97 Å². The third-order valence-corrected chi connectivity index (χ3v) is 3.25. The minimum absolute atomic E-state index is 0.0596.